The number of halogens is 1. The van der Waals surface area contributed by atoms with Crippen LogP contribution < -0.4 is 15.4 Å². The van der Waals surface area contributed by atoms with Gasteiger partial charge in [0.2, 0.25) is 11.6 Å². The van der Waals surface area contributed by atoms with E-state index >= 15 is 0 Å². The number of benzene rings is 2. The van der Waals surface area contributed by atoms with Gasteiger partial charge >= 0.3 is 0 Å². The van der Waals surface area contributed by atoms with E-state index in [1.165, 1.54) is 44.2 Å². The van der Waals surface area contributed by atoms with Gasteiger partial charge < -0.3 is 15.4 Å². The van der Waals surface area contributed by atoms with Gasteiger partial charge in [0, 0.05) is 53.9 Å². The maximum Gasteiger partial charge on any atom is 0.239 e. The van der Waals surface area contributed by atoms with Crippen molar-refractivity contribution < 1.29 is 28.7 Å². The fourth-order valence-electron chi connectivity index (χ4n) is 9.50. The molecule has 0 radical (unpaired) electrons. The number of hydrogen-bond donors (Lipinski definition) is 2. The Bertz CT molecular complexity index is 1520. The topological polar surface area (TPSA) is 83.1 Å². The van der Waals surface area contributed by atoms with E-state index in [9.17, 15) is 4.39 Å². The number of pyridine rings is 1. The van der Waals surface area contributed by atoms with Gasteiger partial charge in [-0.2, -0.15) is 19.6 Å². The van der Waals surface area contributed by atoms with Crippen molar-refractivity contribution >= 4 is 16.6 Å². The highest BCUT2D eigenvalue weighted by Gasteiger charge is 2.64. The Morgan fingerprint density at radius 2 is 1.66 bits per heavy atom. The SMILES string of the molecule is COc1cc(NC(C)CCCNCC2CCC3(CC2)OOC2(OO3)C3CC4CC(C3)CC2C4)c2ncccc2c1-c1ccc(F)cc1. The number of rotatable bonds is 10. The van der Waals surface area contributed by atoms with Crippen molar-refractivity contribution in [1.82, 2.24) is 10.3 Å². The zero-order valence-electron chi connectivity index (χ0n) is 27.6. The molecule has 1 saturated heterocycles. The highest BCUT2D eigenvalue weighted by Crippen LogP contribution is 2.62. The molecular formula is C38H48FN3O5. The predicted molar refractivity (Wildman–Crippen MR) is 178 cm³/mol. The third kappa shape index (κ3) is 6.03. The van der Waals surface area contributed by atoms with Gasteiger partial charge in [-0.05, 0) is 119 Å². The van der Waals surface area contributed by atoms with Gasteiger partial charge in [-0.3, -0.25) is 4.98 Å². The molecule has 1 atom stereocenters. The van der Waals surface area contributed by atoms with Crippen molar-refractivity contribution in [3.05, 3.63) is 54.5 Å². The molecule has 1 unspecified atom stereocenters. The first-order chi connectivity index (χ1) is 22.9. The molecule has 2 spiro atoms. The number of anilines is 1. The molecule has 2 N–H and O–H groups in total. The maximum atomic E-state index is 13.6. The average Bonchev–Trinajstić information content (AvgIpc) is 3.09. The zero-order chi connectivity index (χ0) is 32.0. The second-order valence-electron chi connectivity index (χ2n) is 15.0. The lowest BCUT2D eigenvalue weighted by Gasteiger charge is -2.60. The van der Waals surface area contributed by atoms with E-state index in [4.69, 9.17) is 29.3 Å². The molecule has 1 aliphatic heterocycles. The van der Waals surface area contributed by atoms with Gasteiger partial charge in [0.05, 0.1) is 18.3 Å². The lowest BCUT2D eigenvalue weighted by molar-refractivity contribution is -0.680. The first kappa shape index (κ1) is 31.4. The number of methoxy groups -OCH3 is 1. The van der Waals surface area contributed by atoms with Gasteiger partial charge in [-0.15, -0.1) is 0 Å². The molecule has 8 nitrogen and oxygen atoms in total. The fraction of sp³-hybridized carbons (Fsp3) is 0.605. The summed E-state index contributed by atoms with van der Waals surface area (Å²) in [5.74, 6) is 2.11. The summed E-state index contributed by atoms with van der Waals surface area (Å²) >= 11 is 0. The van der Waals surface area contributed by atoms with Crippen LogP contribution in [0, 0.1) is 35.4 Å². The maximum absolute atomic E-state index is 13.6. The van der Waals surface area contributed by atoms with Crippen LogP contribution in [0.2, 0.25) is 0 Å². The zero-order valence-corrected chi connectivity index (χ0v) is 27.6. The second-order valence-corrected chi connectivity index (χ2v) is 15.0. The molecule has 9 heteroatoms. The monoisotopic (exact) mass is 645 g/mol. The Morgan fingerprint density at radius 1 is 0.957 bits per heavy atom. The van der Waals surface area contributed by atoms with Crippen LogP contribution in [0.25, 0.3) is 22.0 Å². The van der Waals surface area contributed by atoms with E-state index in [0.717, 1.165) is 96.9 Å². The van der Waals surface area contributed by atoms with Gasteiger partial charge in [0.15, 0.2) is 0 Å². The Morgan fingerprint density at radius 3 is 2.34 bits per heavy atom. The second kappa shape index (κ2) is 12.9. The van der Waals surface area contributed by atoms with Crippen molar-refractivity contribution in [2.24, 2.45) is 29.6 Å². The van der Waals surface area contributed by atoms with Crippen molar-refractivity contribution in [3.63, 3.8) is 0 Å². The summed E-state index contributed by atoms with van der Waals surface area (Å²) in [6.07, 6.45) is 13.6. The largest absolute Gasteiger partial charge is 0.496 e. The molecule has 252 valence electrons. The van der Waals surface area contributed by atoms with Crippen LogP contribution in [0.5, 0.6) is 5.75 Å². The molecule has 3 aromatic rings. The number of ether oxygens (including phenoxy) is 1. The summed E-state index contributed by atoms with van der Waals surface area (Å²) < 4.78 is 19.5. The summed E-state index contributed by atoms with van der Waals surface area (Å²) in [7, 11) is 1.67. The average molecular weight is 646 g/mol. The van der Waals surface area contributed by atoms with Gasteiger partial charge in [-0.1, -0.05) is 18.2 Å². The van der Waals surface area contributed by atoms with Crippen LogP contribution in [-0.2, 0) is 19.6 Å². The minimum atomic E-state index is -0.754. The minimum Gasteiger partial charge on any atom is -0.496 e. The Hall–Kier alpha value is -2.82. The summed E-state index contributed by atoms with van der Waals surface area (Å²) in [6.45, 7) is 4.16. The van der Waals surface area contributed by atoms with Crippen LogP contribution in [0.1, 0.15) is 77.6 Å². The summed E-state index contributed by atoms with van der Waals surface area (Å²) in [5.41, 5.74) is 3.63. The smallest absolute Gasteiger partial charge is 0.239 e. The van der Waals surface area contributed by atoms with Gasteiger partial charge in [-0.25, -0.2) is 4.39 Å². The molecule has 1 aromatic heterocycles. The van der Waals surface area contributed by atoms with Crippen LogP contribution in [-0.4, -0.2) is 42.8 Å². The summed E-state index contributed by atoms with van der Waals surface area (Å²) in [6, 6.07) is 12.7. The van der Waals surface area contributed by atoms with Crippen molar-refractivity contribution in [1.29, 1.82) is 0 Å². The quantitative estimate of drug-likeness (QED) is 0.169. The molecule has 5 aliphatic carbocycles. The van der Waals surface area contributed by atoms with E-state index in [2.05, 4.69) is 17.6 Å². The molecular weight excluding hydrogens is 597 g/mol. The van der Waals surface area contributed by atoms with E-state index in [-0.39, 0.29) is 11.9 Å². The number of fused-ring (bicyclic) bond motifs is 1. The van der Waals surface area contributed by atoms with Gasteiger partial charge in [0.1, 0.15) is 11.6 Å². The summed E-state index contributed by atoms with van der Waals surface area (Å²) in [5, 5.41) is 8.34. The molecule has 6 fully saturated rings. The molecule has 0 amide bonds. The Kier molecular flexibility index (Phi) is 8.63. The lowest BCUT2D eigenvalue weighted by atomic mass is 9.53. The first-order valence-corrected chi connectivity index (χ1v) is 17.9. The third-order valence-electron chi connectivity index (χ3n) is 11.8. The number of aromatic nitrogens is 1. The Balaban J connectivity index is 0.791. The van der Waals surface area contributed by atoms with Crippen molar-refractivity contribution in [2.75, 3.05) is 25.5 Å². The van der Waals surface area contributed by atoms with E-state index in [0.29, 0.717) is 17.8 Å². The number of hydrogen-bond acceptors (Lipinski definition) is 8. The molecule has 4 bridgehead atoms. The highest BCUT2D eigenvalue weighted by atomic mass is 19.1. The van der Waals surface area contributed by atoms with Crippen LogP contribution in [0.15, 0.2) is 48.7 Å². The lowest BCUT2D eigenvalue weighted by Crippen LogP contribution is -2.64. The standard InChI is InChI=1S/C38H48FN3O5/c1-24(42-33-22-34(43-2)35(28-7-9-31(39)10-8-28)32-6-4-16-41-36(32)33)5-3-15-40-23-25-11-13-37(14-12-25)44-46-38(47-45-37)29-18-26-17-27(20-29)21-30(38)19-26/h4,6-10,16,22,24-27,29-30,40,42H,3,5,11-15,17-21,23H2,1-2H3. The summed E-state index contributed by atoms with van der Waals surface area (Å²) in [4.78, 5) is 29.4. The molecule has 9 rings (SSSR count). The molecule has 47 heavy (non-hydrogen) atoms. The van der Waals surface area contributed by atoms with E-state index in [1.54, 1.807) is 19.2 Å². The van der Waals surface area contributed by atoms with E-state index in [1.807, 2.05) is 24.4 Å². The Labute approximate surface area is 276 Å². The molecule has 2 aromatic carbocycles. The molecule has 2 heterocycles. The van der Waals surface area contributed by atoms with Crippen LogP contribution in [0.3, 0.4) is 0 Å². The van der Waals surface area contributed by atoms with E-state index < -0.39 is 11.6 Å². The minimum absolute atomic E-state index is 0.247. The third-order valence-corrected chi connectivity index (χ3v) is 11.8. The number of nitrogens with one attached hydrogen (secondary N) is 2. The van der Waals surface area contributed by atoms with Crippen molar-refractivity contribution in [3.8, 4) is 16.9 Å². The van der Waals surface area contributed by atoms with Crippen molar-refractivity contribution in [2.45, 2.75) is 95.2 Å². The first-order valence-electron chi connectivity index (χ1n) is 17.9. The normalized spacial score (nSPS) is 33.5. The number of nitrogens with zero attached hydrogens (tertiary/aromatic N) is 1. The molecule has 6 aliphatic rings. The predicted octanol–water partition coefficient (Wildman–Crippen LogP) is 8.17. The fourth-order valence-corrected chi connectivity index (χ4v) is 9.50. The van der Waals surface area contributed by atoms with Gasteiger partial charge in [0.25, 0.3) is 0 Å². The van der Waals surface area contributed by atoms with Crippen LogP contribution in [0.4, 0.5) is 10.1 Å². The molecule has 5 saturated carbocycles. The highest BCUT2D eigenvalue weighted by molar-refractivity contribution is 6.04. The van der Waals surface area contributed by atoms with Crippen LogP contribution >= 0.6 is 0 Å².